The molecule has 0 aromatic carbocycles. The number of rotatable bonds is 2. The van der Waals surface area contributed by atoms with E-state index >= 15 is 0 Å². The summed E-state index contributed by atoms with van der Waals surface area (Å²) in [6.45, 7) is 4.45. The number of nitrogens with zero attached hydrogens (tertiary/aromatic N) is 2. The minimum Gasteiger partial charge on any atom is -0.327 e. The molecule has 0 spiro atoms. The zero-order valence-electron chi connectivity index (χ0n) is 9.52. The van der Waals surface area contributed by atoms with Crippen molar-refractivity contribution in [2.75, 3.05) is 13.1 Å². The predicted molar refractivity (Wildman–Crippen MR) is 60.1 cm³/mol. The molecule has 4 unspecified atom stereocenters. The Balaban J connectivity index is 1.95. The van der Waals surface area contributed by atoms with E-state index in [0.29, 0.717) is 24.4 Å². The topological polar surface area (TPSA) is 53.0 Å². The highest BCUT2D eigenvalue weighted by molar-refractivity contribution is 4.95. The van der Waals surface area contributed by atoms with Crippen LogP contribution in [0.25, 0.3) is 0 Å². The number of hydrogen-bond donors (Lipinski definition) is 1. The largest absolute Gasteiger partial charge is 0.327 e. The summed E-state index contributed by atoms with van der Waals surface area (Å²) in [5.74, 6) is 1.50. The van der Waals surface area contributed by atoms with Crippen LogP contribution in [0.4, 0.5) is 0 Å². The van der Waals surface area contributed by atoms with Crippen LogP contribution in [-0.2, 0) is 0 Å². The van der Waals surface area contributed by atoms with Crippen molar-refractivity contribution in [2.45, 2.75) is 44.7 Å². The van der Waals surface area contributed by atoms with Crippen LogP contribution in [0, 0.1) is 23.2 Å². The van der Waals surface area contributed by atoms with Gasteiger partial charge >= 0.3 is 0 Å². The Labute approximate surface area is 92.2 Å². The zero-order valence-corrected chi connectivity index (χ0v) is 9.52. The van der Waals surface area contributed by atoms with Crippen LogP contribution in [0.3, 0.4) is 0 Å². The van der Waals surface area contributed by atoms with Crippen LogP contribution < -0.4 is 5.73 Å². The first-order chi connectivity index (χ1) is 7.22. The molecule has 1 aliphatic heterocycles. The monoisotopic (exact) mass is 207 g/mol. The highest BCUT2D eigenvalue weighted by atomic mass is 15.2. The second-order valence-electron chi connectivity index (χ2n) is 5.18. The Morgan fingerprint density at radius 1 is 1.47 bits per heavy atom. The number of likely N-dealkylation sites (tertiary alicyclic amines) is 1. The van der Waals surface area contributed by atoms with Gasteiger partial charge in [0, 0.05) is 25.2 Å². The van der Waals surface area contributed by atoms with Gasteiger partial charge in [-0.15, -0.1) is 0 Å². The van der Waals surface area contributed by atoms with Crippen molar-refractivity contribution in [2.24, 2.45) is 17.6 Å². The van der Waals surface area contributed by atoms with Gasteiger partial charge < -0.3 is 5.73 Å². The van der Waals surface area contributed by atoms with E-state index < -0.39 is 0 Å². The van der Waals surface area contributed by atoms with Crippen LogP contribution in [0.1, 0.15) is 32.6 Å². The van der Waals surface area contributed by atoms with E-state index in [4.69, 9.17) is 11.0 Å². The maximum absolute atomic E-state index is 8.71. The van der Waals surface area contributed by atoms with Crippen LogP contribution in [0.15, 0.2) is 0 Å². The van der Waals surface area contributed by atoms with Crippen LogP contribution in [-0.4, -0.2) is 30.1 Å². The first-order valence-corrected chi connectivity index (χ1v) is 6.09. The molecule has 1 aliphatic carbocycles. The fourth-order valence-corrected chi connectivity index (χ4v) is 3.17. The minimum atomic E-state index is 0.406. The van der Waals surface area contributed by atoms with E-state index in [1.54, 1.807) is 0 Å². The van der Waals surface area contributed by atoms with Gasteiger partial charge in [0.2, 0.25) is 0 Å². The first kappa shape index (κ1) is 10.9. The van der Waals surface area contributed by atoms with Crippen molar-refractivity contribution in [3.63, 3.8) is 0 Å². The summed E-state index contributed by atoms with van der Waals surface area (Å²) < 4.78 is 0. The molecule has 1 saturated heterocycles. The molecule has 0 amide bonds. The molecule has 2 aliphatic rings. The second-order valence-corrected chi connectivity index (χ2v) is 5.18. The van der Waals surface area contributed by atoms with E-state index in [-0.39, 0.29) is 0 Å². The fourth-order valence-electron chi connectivity index (χ4n) is 3.17. The van der Waals surface area contributed by atoms with Gasteiger partial charge in [0.1, 0.15) is 0 Å². The Morgan fingerprint density at radius 2 is 2.27 bits per heavy atom. The number of nitriles is 1. The second kappa shape index (κ2) is 4.51. The van der Waals surface area contributed by atoms with Gasteiger partial charge in [-0.25, -0.2) is 0 Å². The standard InChI is InChI=1S/C12H21N3/c1-9(5-6-13)15-7-10-3-2-4-12(14)11(10)8-15/h9-12H,2-5,7-8,14H2,1H3. The summed E-state index contributed by atoms with van der Waals surface area (Å²) >= 11 is 0. The Morgan fingerprint density at radius 3 is 2.93 bits per heavy atom. The van der Waals surface area contributed by atoms with Crippen LogP contribution in [0.5, 0.6) is 0 Å². The molecule has 15 heavy (non-hydrogen) atoms. The molecule has 4 atom stereocenters. The smallest absolute Gasteiger partial charge is 0.0638 e. The molecule has 0 bridgehead atoms. The van der Waals surface area contributed by atoms with E-state index in [9.17, 15) is 0 Å². The van der Waals surface area contributed by atoms with Crippen LogP contribution in [0.2, 0.25) is 0 Å². The average molecular weight is 207 g/mol. The predicted octanol–water partition coefficient (Wildman–Crippen LogP) is 1.35. The molecule has 84 valence electrons. The SMILES string of the molecule is CC(CC#N)N1CC2CCCC(N)C2C1. The van der Waals surface area contributed by atoms with Crippen molar-refractivity contribution in [1.29, 1.82) is 5.26 Å². The summed E-state index contributed by atoms with van der Waals surface area (Å²) in [4.78, 5) is 2.46. The quantitative estimate of drug-likeness (QED) is 0.743. The van der Waals surface area contributed by atoms with Crippen molar-refractivity contribution in [1.82, 2.24) is 4.90 Å². The Bertz CT molecular complexity index is 258. The summed E-state index contributed by atoms with van der Waals surface area (Å²) in [6.07, 6.45) is 4.48. The molecule has 2 fully saturated rings. The maximum Gasteiger partial charge on any atom is 0.0638 e. The summed E-state index contributed by atoms with van der Waals surface area (Å²) in [7, 11) is 0. The highest BCUT2D eigenvalue weighted by Crippen LogP contribution is 2.36. The Hall–Kier alpha value is -0.590. The molecule has 3 heteroatoms. The van der Waals surface area contributed by atoms with Crippen molar-refractivity contribution >= 4 is 0 Å². The molecule has 0 radical (unpaired) electrons. The van der Waals surface area contributed by atoms with E-state index in [0.717, 1.165) is 12.5 Å². The van der Waals surface area contributed by atoms with Crippen molar-refractivity contribution in [3.8, 4) is 6.07 Å². The lowest BCUT2D eigenvalue weighted by molar-refractivity contribution is 0.245. The molecule has 0 aromatic heterocycles. The molecule has 0 aromatic rings. The van der Waals surface area contributed by atoms with Gasteiger partial charge in [-0.1, -0.05) is 6.42 Å². The van der Waals surface area contributed by atoms with E-state index in [1.807, 2.05) is 0 Å². The lowest BCUT2D eigenvalue weighted by Gasteiger charge is -2.30. The fraction of sp³-hybridized carbons (Fsp3) is 0.917. The van der Waals surface area contributed by atoms with Gasteiger partial charge in [-0.05, 0) is 31.6 Å². The lowest BCUT2D eigenvalue weighted by Crippen LogP contribution is -2.38. The third kappa shape index (κ3) is 2.16. The third-order valence-electron chi connectivity index (χ3n) is 4.19. The summed E-state index contributed by atoms with van der Waals surface area (Å²) in [6, 6.07) is 3.08. The van der Waals surface area contributed by atoms with Crippen LogP contribution >= 0.6 is 0 Å². The molecule has 2 N–H and O–H groups in total. The number of fused-ring (bicyclic) bond motifs is 1. The number of hydrogen-bond acceptors (Lipinski definition) is 3. The lowest BCUT2D eigenvalue weighted by atomic mass is 9.78. The van der Waals surface area contributed by atoms with Gasteiger partial charge in [-0.2, -0.15) is 5.26 Å². The van der Waals surface area contributed by atoms with Gasteiger partial charge in [0.25, 0.3) is 0 Å². The first-order valence-electron chi connectivity index (χ1n) is 6.09. The van der Waals surface area contributed by atoms with E-state index in [2.05, 4.69) is 17.9 Å². The summed E-state index contributed by atoms with van der Waals surface area (Å²) in [5.41, 5.74) is 6.16. The average Bonchev–Trinajstić information content (AvgIpc) is 2.63. The zero-order chi connectivity index (χ0) is 10.8. The number of nitrogens with two attached hydrogens (primary N) is 1. The van der Waals surface area contributed by atoms with Crippen molar-refractivity contribution < 1.29 is 0 Å². The molecular weight excluding hydrogens is 186 g/mol. The third-order valence-corrected chi connectivity index (χ3v) is 4.19. The highest BCUT2D eigenvalue weighted by Gasteiger charge is 2.39. The molecule has 1 heterocycles. The van der Waals surface area contributed by atoms with Crippen molar-refractivity contribution in [3.05, 3.63) is 0 Å². The minimum absolute atomic E-state index is 0.406. The van der Waals surface area contributed by atoms with Gasteiger partial charge in [0.05, 0.1) is 12.5 Å². The Kier molecular flexibility index (Phi) is 3.28. The van der Waals surface area contributed by atoms with Gasteiger partial charge in [0.15, 0.2) is 0 Å². The van der Waals surface area contributed by atoms with Gasteiger partial charge in [-0.3, -0.25) is 4.90 Å². The molecule has 2 rings (SSSR count). The molecular formula is C12H21N3. The molecule has 1 saturated carbocycles. The maximum atomic E-state index is 8.71. The van der Waals surface area contributed by atoms with E-state index in [1.165, 1.54) is 25.8 Å². The molecule has 3 nitrogen and oxygen atoms in total. The summed E-state index contributed by atoms with van der Waals surface area (Å²) in [5, 5.41) is 8.71. The normalized spacial score (nSPS) is 38.3.